The SMILES string of the molecule is CC1(C(=O)O)CCN(Cc2nc3ccccc3o2)CC1. The Labute approximate surface area is 117 Å². The Morgan fingerprint density at radius 1 is 1.40 bits per heavy atom. The largest absolute Gasteiger partial charge is 0.481 e. The summed E-state index contributed by atoms with van der Waals surface area (Å²) in [5.74, 6) is 0.00383. The van der Waals surface area contributed by atoms with Crippen molar-refractivity contribution >= 4 is 17.1 Å². The van der Waals surface area contributed by atoms with Crippen LogP contribution in [-0.2, 0) is 11.3 Å². The predicted molar refractivity (Wildman–Crippen MR) is 74.3 cm³/mol. The van der Waals surface area contributed by atoms with Crippen molar-refractivity contribution in [2.45, 2.75) is 26.3 Å². The number of carbonyl (C=O) groups is 1. The van der Waals surface area contributed by atoms with Crippen LogP contribution in [0.1, 0.15) is 25.7 Å². The summed E-state index contributed by atoms with van der Waals surface area (Å²) < 4.78 is 5.70. The van der Waals surface area contributed by atoms with Gasteiger partial charge in [0.15, 0.2) is 5.58 Å². The molecule has 3 rings (SSSR count). The summed E-state index contributed by atoms with van der Waals surface area (Å²) in [7, 11) is 0. The Morgan fingerprint density at radius 2 is 2.10 bits per heavy atom. The lowest BCUT2D eigenvalue weighted by Gasteiger charge is -2.35. The molecule has 1 aromatic carbocycles. The monoisotopic (exact) mass is 274 g/mol. The number of hydrogen-bond acceptors (Lipinski definition) is 4. The number of nitrogens with zero attached hydrogens (tertiary/aromatic N) is 2. The summed E-state index contributed by atoms with van der Waals surface area (Å²) in [5, 5.41) is 9.22. The van der Waals surface area contributed by atoms with Crippen molar-refractivity contribution in [3.05, 3.63) is 30.2 Å². The lowest BCUT2D eigenvalue weighted by atomic mass is 9.80. The Bertz CT molecular complexity index is 594. The molecular formula is C15H18N2O3. The predicted octanol–water partition coefficient (Wildman–Crippen LogP) is 2.51. The third-order valence-electron chi connectivity index (χ3n) is 4.17. The fourth-order valence-electron chi connectivity index (χ4n) is 2.60. The van der Waals surface area contributed by atoms with Gasteiger partial charge in [0, 0.05) is 0 Å². The maximum absolute atomic E-state index is 11.2. The van der Waals surface area contributed by atoms with Gasteiger partial charge in [-0.1, -0.05) is 12.1 Å². The smallest absolute Gasteiger partial charge is 0.309 e. The third kappa shape index (κ3) is 2.41. The summed E-state index contributed by atoms with van der Waals surface area (Å²) in [5.41, 5.74) is 1.09. The normalized spacial score (nSPS) is 19.2. The van der Waals surface area contributed by atoms with Gasteiger partial charge >= 0.3 is 5.97 Å². The first kappa shape index (κ1) is 13.1. The zero-order chi connectivity index (χ0) is 14.2. The van der Waals surface area contributed by atoms with Crippen LogP contribution in [0, 0.1) is 5.41 Å². The fraction of sp³-hybridized carbons (Fsp3) is 0.467. The van der Waals surface area contributed by atoms with Gasteiger partial charge in [-0.05, 0) is 45.0 Å². The Hall–Kier alpha value is -1.88. The van der Waals surface area contributed by atoms with E-state index in [-0.39, 0.29) is 0 Å². The van der Waals surface area contributed by atoms with Gasteiger partial charge in [0.2, 0.25) is 5.89 Å². The number of fused-ring (bicyclic) bond motifs is 1. The Balaban J connectivity index is 1.66. The number of benzene rings is 1. The number of piperidine rings is 1. The van der Waals surface area contributed by atoms with Gasteiger partial charge in [0.1, 0.15) is 5.52 Å². The number of para-hydroxylation sites is 2. The van der Waals surface area contributed by atoms with E-state index in [1.807, 2.05) is 31.2 Å². The van der Waals surface area contributed by atoms with Crippen molar-refractivity contribution in [3.8, 4) is 0 Å². The molecule has 0 unspecified atom stereocenters. The van der Waals surface area contributed by atoms with Crippen LogP contribution in [0.4, 0.5) is 0 Å². The molecule has 20 heavy (non-hydrogen) atoms. The van der Waals surface area contributed by atoms with Crippen molar-refractivity contribution in [1.29, 1.82) is 0 Å². The average Bonchev–Trinajstić information content (AvgIpc) is 2.83. The van der Waals surface area contributed by atoms with Crippen LogP contribution >= 0.6 is 0 Å². The number of rotatable bonds is 3. The first-order valence-electron chi connectivity index (χ1n) is 6.87. The van der Waals surface area contributed by atoms with E-state index < -0.39 is 11.4 Å². The molecule has 0 amide bonds. The lowest BCUT2D eigenvalue weighted by molar-refractivity contribution is -0.150. The van der Waals surface area contributed by atoms with Gasteiger partial charge in [-0.2, -0.15) is 0 Å². The number of oxazole rings is 1. The van der Waals surface area contributed by atoms with E-state index in [1.54, 1.807) is 0 Å². The van der Waals surface area contributed by atoms with E-state index in [4.69, 9.17) is 4.42 Å². The van der Waals surface area contributed by atoms with E-state index in [0.29, 0.717) is 25.3 Å². The summed E-state index contributed by atoms with van der Waals surface area (Å²) in [6.45, 7) is 4.00. The van der Waals surface area contributed by atoms with E-state index in [2.05, 4.69) is 9.88 Å². The van der Waals surface area contributed by atoms with E-state index in [1.165, 1.54) is 0 Å². The molecule has 5 nitrogen and oxygen atoms in total. The third-order valence-corrected chi connectivity index (χ3v) is 4.17. The highest BCUT2D eigenvalue weighted by Crippen LogP contribution is 2.31. The number of carboxylic acid groups (broad SMARTS) is 1. The van der Waals surface area contributed by atoms with Gasteiger partial charge in [-0.15, -0.1) is 0 Å². The van der Waals surface area contributed by atoms with Crippen LogP contribution in [0.2, 0.25) is 0 Å². The second-order valence-corrected chi connectivity index (χ2v) is 5.72. The highest BCUT2D eigenvalue weighted by Gasteiger charge is 2.36. The lowest BCUT2D eigenvalue weighted by Crippen LogP contribution is -2.42. The summed E-state index contributed by atoms with van der Waals surface area (Å²) in [6, 6.07) is 7.70. The van der Waals surface area contributed by atoms with Gasteiger partial charge < -0.3 is 9.52 Å². The summed E-state index contributed by atoms with van der Waals surface area (Å²) in [4.78, 5) is 17.9. The molecule has 2 heterocycles. The van der Waals surface area contributed by atoms with Crippen molar-refractivity contribution < 1.29 is 14.3 Å². The quantitative estimate of drug-likeness (QED) is 0.931. The van der Waals surface area contributed by atoms with Crippen molar-refractivity contribution in [3.63, 3.8) is 0 Å². The van der Waals surface area contributed by atoms with Crippen LogP contribution in [0.15, 0.2) is 28.7 Å². The number of hydrogen-bond donors (Lipinski definition) is 1. The van der Waals surface area contributed by atoms with Crippen molar-refractivity contribution in [2.75, 3.05) is 13.1 Å². The molecule has 2 aromatic rings. The Morgan fingerprint density at radius 3 is 2.75 bits per heavy atom. The zero-order valence-corrected chi connectivity index (χ0v) is 11.5. The molecule has 1 aliphatic heterocycles. The number of aromatic nitrogens is 1. The molecular weight excluding hydrogens is 256 g/mol. The molecule has 1 saturated heterocycles. The second kappa shape index (κ2) is 4.90. The molecule has 0 aliphatic carbocycles. The number of aliphatic carboxylic acids is 1. The standard InChI is InChI=1S/C15H18N2O3/c1-15(14(18)19)6-8-17(9-7-15)10-13-16-11-4-2-3-5-12(11)20-13/h2-5H,6-10H2,1H3,(H,18,19). The molecule has 1 aliphatic rings. The van der Waals surface area contributed by atoms with E-state index in [0.717, 1.165) is 24.2 Å². The minimum Gasteiger partial charge on any atom is -0.481 e. The number of likely N-dealkylation sites (tertiary alicyclic amines) is 1. The van der Waals surface area contributed by atoms with Crippen LogP contribution in [-0.4, -0.2) is 34.0 Å². The molecule has 1 fully saturated rings. The van der Waals surface area contributed by atoms with Gasteiger partial charge in [0.25, 0.3) is 0 Å². The van der Waals surface area contributed by atoms with Crippen LogP contribution in [0.3, 0.4) is 0 Å². The topological polar surface area (TPSA) is 66.6 Å². The van der Waals surface area contributed by atoms with Gasteiger partial charge in [-0.25, -0.2) is 4.98 Å². The van der Waals surface area contributed by atoms with Gasteiger partial charge in [0.05, 0.1) is 12.0 Å². The first-order valence-corrected chi connectivity index (χ1v) is 6.87. The summed E-state index contributed by atoms with van der Waals surface area (Å²) >= 11 is 0. The second-order valence-electron chi connectivity index (χ2n) is 5.72. The minimum atomic E-state index is -0.695. The van der Waals surface area contributed by atoms with E-state index >= 15 is 0 Å². The zero-order valence-electron chi connectivity index (χ0n) is 11.5. The average molecular weight is 274 g/mol. The molecule has 106 valence electrons. The molecule has 0 spiro atoms. The Kier molecular flexibility index (Phi) is 3.22. The maximum atomic E-state index is 11.2. The van der Waals surface area contributed by atoms with Gasteiger partial charge in [-0.3, -0.25) is 9.69 Å². The molecule has 1 aromatic heterocycles. The fourth-order valence-corrected chi connectivity index (χ4v) is 2.60. The maximum Gasteiger partial charge on any atom is 0.309 e. The number of carboxylic acids is 1. The molecule has 0 bridgehead atoms. The molecule has 0 saturated carbocycles. The molecule has 1 N–H and O–H groups in total. The van der Waals surface area contributed by atoms with Crippen LogP contribution < -0.4 is 0 Å². The van der Waals surface area contributed by atoms with Crippen LogP contribution in [0.25, 0.3) is 11.1 Å². The molecule has 0 radical (unpaired) electrons. The molecule has 5 heteroatoms. The van der Waals surface area contributed by atoms with Crippen LogP contribution in [0.5, 0.6) is 0 Å². The highest BCUT2D eigenvalue weighted by atomic mass is 16.4. The minimum absolute atomic E-state index is 0.586. The first-order chi connectivity index (χ1) is 9.57. The van der Waals surface area contributed by atoms with Crippen molar-refractivity contribution in [2.24, 2.45) is 5.41 Å². The highest BCUT2D eigenvalue weighted by molar-refractivity contribution is 5.74. The summed E-state index contributed by atoms with van der Waals surface area (Å²) in [6.07, 6.45) is 1.34. The van der Waals surface area contributed by atoms with E-state index in [9.17, 15) is 9.90 Å². The molecule has 0 atom stereocenters. The van der Waals surface area contributed by atoms with Crippen molar-refractivity contribution in [1.82, 2.24) is 9.88 Å².